The number of hydrogen-bond donors (Lipinski definition) is 3. The van der Waals surface area contributed by atoms with E-state index in [-0.39, 0.29) is 18.5 Å². The summed E-state index contributed by atoms with van der Waals surface area (Å²) < 4.78 is 5.45. The number of unbranched alkanes of at least 4 members (excludes halogenated alkanes) is 35. The van der Waals surface area contributed by atoms with Gasteiger partial charge in [0.1, 0.15) is 0 Å². The van der Waals surface area contributed by atoms with E-state index in [1.54, 1.807) is 0 Å². The molecule has 0 aliphatic rings. The fourth-order valence-electron chi connectivity index (χ4n) is 8.05. The Balaban J connectivity index is 3.49. The predicted octanol–water partition coefficient (Wildman–Crippen LogP) is 15.3. The molecule has 0 fully saturated rings. The smallest absolute Gasteiger partial charge is 0.305 e. The molecule has 3 N–H and O–H groups in total. The Kier molecular flexibility index (Phi) is 47.1. The second-order valence-corrected chi connectivity index (χ2v) is 17.9. The molecule has 0 aromatic carbocycles. The van der Waals surface area contributed by atoms with Gasteiger partial charge in [0.05, 0.1) is 25.4 Å². The van der Waals surface area contributed by atoms with Crippen molar-refractivity contribution < 1.29 is 24.5 Å². The first kappa shape index (κ1) is 56.6. The Bertz CT molecular complexity index is 863. The number of hydrogen-bond acceptors (Lipinski definition) is 5. The number of amides is 1. The van der Waals surface area contributed by atoms with Crippen LogP contribution in [0, 0.1) is 0 Å². The van der Waals surface area contributed by atoms with E-state index in [0.717, 1.165) is 77.0 Å². The van der Waals surface area contributed by atoms with Crippen LogP contribution in [0.2, 0.25) is 0 Å². The second kappa shape index (κ2) is 48.3. The van der Waals surface area contributed by atoms with Gasteiger partial charge in [-0.25, -0.2) is 0 Å². The molecule has 0 radical (unpaired) electrons. The second-order valence-electron chi connectivity index (χ2n) is 17.9. The van der Waals surface area contributed by atoms with Gasteiger partial charge in [-0.05, 0) is 51.4 Å². The van der Waals surface area contributed by atoms with Gasteiger partial charge in [0.2, 0.25) is 5.91 Å². The normalized spacial score (nSPS) is 12.7. The van der Waals surface area contributed by atoms with Crippen LogP contribution in [0.4, 0.5) is 0 Å². The molecular formula is C52H101NO5. The van der Waals surface area contributed by atoms with Crippen molar-refractivity contribution in [1.29, 1.82) is 0 Å². The zero-order valence-corrected chi connectivity index (χ0v) is 39.0. The SMILES string of the molecule is CCCCCCCCCCCCCCCCCCCCC(=O)OCCCC/C=C\CCCCCCC(=O)NC(CO)C(O)CCCCCCCCCCCCCCC. The molecule has 0 aliphatic carbocycles. The average molecular weight is 820 g/mol. The maximum Gasteiger partial charge on any atom is 0.305 e. The molecule has 344 valence electrons. The quantitative estimate of drug-likeness (QED) is 0.0323. The van der Waals surface area contributed by atoms with Gasteiger partial charge in [0.25, 0.3) is 0 Å². The molecule has 0 rings (SSSR count). The summed E-state index contributed by atoms with van der Waals surface area (Å²) in [5.41, 5.74) is 0. The summed E-state index contributed by atoms with van der Waals surface area (Å²) in [6.07, 6.45) is 54.7. The number of carbonyl (C=O) groups is 2. The van der Waals surface area contributed by atoms with Gasteiger partial charge in [0, 0.05) is 12.8 Å². The van der Waals surface area contributed by atoms with E-state index in [4.69, 9.17) is 4.74 Å². The Morgan fingerprint density at radius 2 is 0.810 bits per heavy atom. The maximum atomic E-state index is 12.4. The third-order valence-electron chi connectivity index (χ3n) is 12.1. The lowest BCUT2D eigenvalue weighted by atomic mass is 10.0. The van der Waals surface area contributed by atoms with Gasteiger partial charge >= 0.3 is 5.97 Å². The molecule has 6 heteroatoms. The van der Waals surface area contributed by atoms with E-state index in [0.29, 0.717) is 25.9 Å². The van der Waals surface area contributed by atoms with Crippen LogP contribution in [-0.4, -0.2) is 47.4 Å². The molecule has 6 nitrogen and oxygen atoms in total. The molecular weight excluding hydrogens is 719 g/mol. The topological polar surface area (TPSA) is 95.9 Å². The highest BCUT2D eigenvalue weighted by Crippen LogP contribution is 2.17. The standard InChI is InChI=1S/C52H101NO5/c1-3-5-7-9-11-13-15-17-18-19-20-21-23-25-30-34-38-42-46-52(57)58-47-43-39-35-31-27-26-29-33-37-41-45-51(56)53-49(48-54)50(55)44-40-36-32-28-24-22-16-14-12-10-8-6-4-2/h27,31,49-50,54-55H,3-26,28-30,32-48H2,1-2H3,(H,53,56)/b31-27-. The average Bonchev–Trinajstić information content (AvgIpc) is 3.22. The van der Waals surface area contributed by atoms with Crippen LogP contribution < -0.4 is 5.32 Å². The minimum Gasteiger partial charge on any atom is -0.466 e. The maximum absolute atomic E-state index is 12.4. The largest absolute Gasteiger partial charge is 0.466 e. The van der Waals surface area contributed by atoms with Crippen molar-refractivity contribution >= 4 is 11.9 Å². The number of allylic oxidation sites excluding steroid dienone is 2. The monoisotopic (exact) mass is 820 g/mol. The first-order valence-corrected chi connectivity index (χ1v) is 25.9. The van der Waals surface area contributed by atoms with Crippen molar-refractivity contribution in [2.24, 2.45) is 0 Å². The molecule has 0 aromatic heterocycles. The third-order valence-corrected chi connectivity index (χ3v) is 12.1. The molecule has 0 spiro atoms. The van der Waals surface area contributed by atoms with Crippen molar-refractivity contribution in [3.05, 3.63) is 12.2 Å². The van der Waals surface area contributed by atoms with E-state index in [2.05, 4.69) is 31.3 Å². The molecule has 0 aromatic rings. The highest BCUT2D eigenvalue weighted by atomic mass is 16.5. The number of nitrogens with one attached hydrogen (secondary N) is 1. The van der Waals surface area contributed by atoms with Crippen molar-refractivity contribution in [2.75, 3.05) is 13.2 Å². The summed E-state index contributed by atoms with van der Waals surface area (Å²) in [5, 5.41) is 23.1. The minimum atomic E-state index is -0.684. The van der Waals surface area contributed by atoms with Gasteiger partial charge in [-0.2, -0.15) is 0 Å². The molecule has 58 heavy (non-hydrogen) atoms. The van der Waals surface area contributed by atoms with Crippen molar-refractivity contribution in [3.8, 4) is 0 Å². The minimum absolute atomic E-state index is 0.0319. The Morgan fingerprint density at radius 3 is 1.22 bits per heavy atom. The number of ether oxygens (including phenoxy) is 1. The van der Waals surface area contributed by atoms with Crippen LogP contribution in [0.1, 0.15) is 284 Å². The van der Waals surface area contributed by atoms with E-state index >= 15 is 0 Å². The fourth-order valence-corrected chi connectivity index (χ4v) is 8.05. The number of carbonyl (C=O) groups excluding carboxylic acids is 2. The fraction of sp³-hybridized carbons (Fsp3) is 0.923. The highest BCUT2D eigenvalue weighted by molar-refractivity contribution is 5.76. The summed E-state index contributed by atoms with van der Waals surface area (Å²) in [6.45, 7) is 4.87. The summed E-state index contributed by atoms with van der Waals surface area (Å²) in [6, 6.07) is -0.565. The molecule has 0 bridgehead atoms. The summed E-state index contributed by atoms with van der Waals surface area (Å²) in [4.78, 5) is 24.5. The first-order chi connectivity index (χ1) is 28.5. The molecule has 1 amide bonds. The molecule has 0 aliphatic heterocycles. The van der Waals surface area contributed by atoms with Crippen LogP contribution in [0.15, 0.2) is 12.2 Å². The van der Waals surface area contributed by atoms with Crippen LogP contribution in [-0.2, 0) is 14.3 Å². The van der Waals surface area contributed by atoms with E-state index in [1.165, 1.54) is 173 Å². The lowest BCUT2D eigenvalue weighted by molar-refractivity contribution is -0.143. The van der Waals surface area contributed by atoms with Crippen LogP contribution in [0.5, 0.6) is 0 Å². The van der Waals surface area contributed by atoms with Gasteiger partial charge in [-0.1, -0.05) is 231 Å². The van der Waals surface area contributed by atoms with E-state index < -0.39 is 12.1 Å². The van der Waals surface area contributed by atoms with Crippen molar-refractivity contribution in [2.45, 2.75) is 296 Å². The number of aliphatic hydroxyl groups excluding tert-OH is 2. The van der Waals surface area contributed by atoms with Gasteiger partial charge in [-0.3, -0.25) is 9.59 Å². The zero-order valence-electron chi connectivity index (χ0n) is 39.0. The lowest BCUT2D eigenvalue weighted by Crippen LogP contribution is -2.45. The molecule has 0 heterocycles. The lowest BCUT2D eigenvalue weighted by Gasteiger charge is -2.22. The number of aliphatic hydroxyl groups is 2. The van der Waals surface area contributed by atoms with Gasteiger partial charge < -0.3 is 20.3 Å². The van der Waals surface area contributed by atoms with Crippen molar-refractivity contribution in [1.82, 2.24) is 5.32 Å². The Hall–Kier alpha value is -1.40. The Labute approximate surface area is 361 Å². The van der Waals surface area contributed by atoms with Gasteiger partial charge in [-0.15, -0.1) is 0 Å². The first-order valence-electron chi connectivity index (χ1n) is 25.9. The van der Waals surface area contributed by atoms with Crippen LogP contribution >= 0.6 is 0 Å². The van der Waals surface area contributed by atoms with E-state index in [1.807, 2.05) is 0 Å². The van der Waals surface area contributed by atoms with Crippen molar-refractivity contribution in [3.63, 3.8) is 0 Å². The summed E-state index contributed by atoms with van der Waals surface area (Å²) in [5.74, 6) is -0.102. The highest BCUT2D eigenvalue weighted by Gasteiger charge is 2.20. The van der Waals surface area contributed by atoms with E-state index in [9.17, 15) is 19.8 Å². The number of rotatable bonds is 48. The third kappa shape index (κ3) is 44.2. The van der Waals surface area contributed by atoms with Gasteiger partial charge in [0.15, 0.2) is 0 Å². The van der Waals surface area contributed by atoms with Crippen LogP contribution in [0.3, 0.4) is 0 Å². The summed E-state index contributed by atoms with van der Waals surface area (Å²) in [7, 11) is 0. The molecule has 2 unspecified atom stereocenters. The molecule has 0 saturated carbocycles. The number of esters is 1. The summed E-state index contributed by atoms with van der Waals surface area (Å²) >= 11 is 0. The molecule has 0 saturated heterocycles. The Morgan fingerprint density at radius 1 is 0.466 bits per heavy atom. The van der Waals surface area contributed by atoms with Crippen LogP contribution in [0.25, 0.3) is 0 Å². The predicted molar refractivity (Wildman–Crippen MR) is 250 cm³/mol. The zero-order chi connectivity index (χ0) is 42.3. The molecule has 2 atom stereocenters.